The van der Waals surface area contributed by atoms with E-state index in [0.29, 0.717) is 23.7 Å². The summed E-state index contributed by atoms with van der Waals surface area (Å²) in [5.41, 5.74) is 1.57. The van der Waals surface area contributed by atoms with Gasteiger partial charge in [-0.2, -0.15) is 0 Å². The average molecular weight is 448 g/mol. The van der Waals surface area contributed by atoms with Crippen LogP contribution in [0.4, 0.5) is 5.69 Å². The maximum Gasteiger partial charge on any atom is 0.313 e. The number of nitrogens with zero attached hydrogens (tertiary/aromatic N) is 1. The van der Waals surface area contributed by atoms with Gasteiger partial charge >= 0.3 is 11.8 Å². The van der Waals surface area contributed by atoms with E-state index < -0.39 is 11.8 Å². The molecule has 1 saturated heterocycles. The second-order valence-corrected chi connectivity index (χ2v) is 8.06. The molecule has 2 amide bonds. The Hall–Kier alpha value is -3.58. The first kappa shape index (κ1) is 22.6. The number of likely N-dealkylation sites (tertiary alicyclic amines) is 1. The fraction of sp³-hybridized carbons (Fsp3) is 0.308. The first-order chi connectivity index (χ1) is 16.1. The molecule has 0 bridgehead atoms. The lowest BCUT2D eigenvalue weighted by Crippen LogP contribution is -2.41. The first-order valence-electron chi connectivity index (χ1n) is 11.1. The summed E-state index contributed by atoms with van der Waals surface area (Å²) in [6.45, 7) is 2.29. The third kappa shape index (κ3) is 5.09. The van der Waals surface area contributed by atoms with E-state index in [1.54, 1.807) is 25.3 Å². The van der Waals surface area contributed by atoms with Gasteiger partial charge in [0.1, 0.15) is 11.5 Å². The molecule has 0 unspecified atom stereocenters. The van der Waals surface area contributed by atoms with E-state index >= 15 is 0 Å². The Balaban J connectivity index is 1.49. The lowest BCUT2D eigenvalue weighted by atomic mass is 9.97. The lowest BCUT2D eigenvalue weighted by molar-refractivity contribution is -0.136. The Morgan fingerprint density at radius 2 is 1.70 bits per heavy atom. The number of carbonyl (C=O) groups excluding carboxylic acids is 2. The smallest absolute Gasteiger partial charge is 0.313 e. The minimum absolute atomic E-state index is 0.00845. The summed E-state index contributed by atoms with van der Waals surface area (Å²) in [6, 6.07) is 19.5. The molecular weight excluding hydrogens is 418 g/mol. The molecule has 1 heterocycles. The van der Waals surface area contributed by atoms with Crippen molar-refractivity contribution in [1.82, 2.24) is 10.2 Å². The molecule has 2 N–H and O–H groups in total. The maximum atomic E-state index is 12.7. The highest BCUT2D eigenvalue weighted by Gasteiger charge is 2.26. The minimum atomic E-state index is -0.739. The molecule has 1 fully saturated rings. The Kier molecular flexibility index (Phi) is 7.10. The van der Waals surface area contributed by atoms with E-state index in [-0.39, 0.29) is 6.04 Å². The van der Waals surface area contributed by atoms with E-state index in [9.17, 15) is 9.59 Å². The van der Waals surface area contributed by atoms with E-state index in [1.807, 2.05) is 18.2 Å². The minimum Gasteiger partial charge on any atom is -0.497 e. The van der Waals surface area contributed by atoms with Crippen LogP contribution < -0.4 is 20.1 Å². The van der Waals surface area contributed by atoms with Gasteiger partial charge < -0.3 is 20.1 Å². The SMILES string of the molecule is COc1ccc(NC(=O)C(=O)NC[C@@H](c2cccc3ccccc23)N2CCCC2)c(OC)c1. The van der Waals surface area contributed by atoms with Crippen molar-refractivity contribution in [2.75, 3.05) is 39.2 Å². The largest absolute Gasteiger partial charge is 0.497 e. The predicted molar refractivity (Wildman–Crippen MR) is 129 cm³/mol. The summed E-state index contributed by atoms with van der Waals surface area (Å²) < 4.78 is 10.5. The van der Waals surface area contributed by atoms with Crippen LogP contribution >= 0.6 is 0 Å². The molecule has 1 aliphatic heterocycles. The van der Waals surface area contributed by atoms with Crippen molar-refractivity contribution in [1.29, 1.82) is 0 Å². The van der Waals surface area contributed by atoms with Gasteiger partial charge in [-0.15, -0.1) is 0 Å². The highest BCUT2D eigenvalue weighted by atomic mass is 16.5. The van der Waals surface area contributed by atoms with E-state index in [1.165, 1.54) is 12.5 Å². The number of carbonyl (C=O) groups is 2. The van der Waals surface area contributed by atoms with Crippen molar-refractivity contribution in [2.45, 2.75) is 18.9 Å². The zero-order chi connectivity index (χ0) is 23.2. The number of rotatable bonds is 7. The van der Waals surface area contributed by atoms with E-state index in [2.05, 4.69) is 39.8 Å². The molecule has 172 valence electrons. The van der Waals surface area contributed by atoms with Crippen LogP contribution in [0, 0.1) is 0 Å². The van der Waals surface area contributed by atoms with E-state index in [0.717, 1.165) is 36.9 Å². The van der Waals surface area contributed by atoms with Gasteiger partial charge in [-0.05, 0) is 54.4 Å². The molecule has 1 aliphatic rings. The highest BCUT2D eigenvalue weighted by molar-refractivity contribution is 6.39. The first-order valence-corrected chi connectivity index (χ1v) is 11.1. The second kappa shape index (κ2) is 10.4. The van der Waals surface area contributed by atoms with Gasteiger partial charge in [0.05, 0.1) is 25.9 Å². The molecule has 1 atom stereocenters. The summed E-state index contributed by atoms with van der Waals surface area (Å²) in [6.07, 6.45) is 2.26. The second-order valence-electron chi connectivity index (χ2n) is 8.06. The van der Waals surface area contributed by atoms with Crippen molar-refractivity contribution < 1.29 is 19.1 Å². The molecule has 3 aromatic carbocycles. The number of hydrogen-bond acceptors (Lipinski definition) is 5. The van der Waals surface area contributed by atoms with Crippen molar-refractivity contribution in [2.24, 2.45) is 0 Å². The molecule has 7 heteroatoms. The van der Waals surface area contributed by atoms with Crippen LogP contribution in [0.5, 0.6) is 11.5 Å². The van der Waals surface area contributed by atoms with Crippen LogP contribution in [0.2, 0.25) is 0 Å². The van der Waals surface area contributed by atoms with Crippen LogP contribution in [0.15, 0.2) is 60.7 Å². The summed E-state index contributed by atoms with van der Waals surface area (Å²) >= 11 is 0. The average Bonchev–Trinajstić information content (AvgIpc) is 3.39. The summed E-state index contributed by atoms with van der Waals surface area (Å²) in [4.78, 5) is 27.7. The summed E-state index contributed by atoms with van der Waals surface area (Å²) in [5.74, 6) is -0.409. The van der Waals surface area contributed by atoms with Crippen molar-refractivity contribution in [3.63, 3.8) is 0 Å². The van der Waals surface area contributed by atoms with Gasteiger partial charge in [0.25, 0.3) is 0 Å². The third-order valence-electron chi connectivity index (χ3n) is 6.08. The third-order valence-corrected chi connectivity index (χ3v) is 6.08. The van der Waals surface area contributed by atoms with Crippen LogP contribution in [-0.4, -0.2) is 50.6 Å². The number of anilines is 1. The van der Waals surface area contributed by atoms with Gasteiger partial charge in [-0.3, -0.25) is 14.5 Å². The van der Waals surface area contributed by atoms with E-state index in [4.69, 9.17) is 9.47 Å². The van der Waals surface area contributed by atoms with Gasteiger partial charge in [-0.25, -0.2) is 0 Å². The van der Waals surface area contributed by atoms with Gasteiger partial charge in [0, 0.05) is 12.6 Å². The zero-order valence-corrected chi connectivity index (χ0v) is 19.0. The normalized spacial score (nSPS) is 14.6. The number of fused-ring (bicyclic) bond motifs is 1. The molecule has 0 aliphatic carbocycles. The number of benzene rings is 3. The Bertz CT molecular complexity index is 1140. The van der Waals surface area contributed by atoms with Crippen molar-refractivity contribution in [3.05, 3.63) is 66.2 Å². The lowest BCUT2D eigenvalue weighted by Gasteiger charge is -2.29. The molecule has 33 heavy (non-hydrogen) atoms. The molecule has 4 rings (SSSR count). The highest BCUT2D eigenvalue weighted by Crippen LogP contribution is 2.31. The fourth-order valence-electron chi connectivity index (χ4n) is 4.38. The molecule has 0 aromatic heterocycles. The Labute approximate surface area is 193 Å². The molecular formula is C26H29N3O4. The van der Waals surface area contributed by atoms with Gasteiger partial charge in [0.15, 0.2) is 0 Å². The summed E-state index contributed by atoms with van der Waals surface area (Å²) in [7, 11) is 3.04. The summed E-state index contributed by atoms with van der Waals surface area (Å²) in [5, 5.41) is 7.80. The van der Waals surface area contributed by atoms with Crippen molar-refractivity contribution >= 4 is 28.3 Å². The molecule has 3 aromatic rings. The topological polar surface area (TPSA) is 79.9 Å². The standard InChI is InChI=1S/C26H29N3O4/c1-32-19-12-13-22(24(16-19)33-2)28-26(31)25(30)27-17-23(29-14-5-6-15-29)21-11-7-9-18-8-3-4-10-20(18)21/h3-4,7-13,16,23H,5-6,14-15,17H2,1-2H3,(H,27,30)(H,28,31)/t23-/m0/s1. The van der Waals surface area contributed by atoms with Gasteiger partial charge in [-0.1, -0.05) is 42.5 Å². The van der Waals surface area contributed by atoms with Crippen LogP contribution in [0.3, 0.4) is 0 Å². The van der Waals surface area contributed by atoms with Crippen LogP contribution in [0.1, 0.15) is 24.4 Å². The number of hydrogen-bond donors (Lipinski definition) is 2. The molecule has 0 spiro atoms. The number of methoxy groups -OCH3 is 2. The molecule has 7 nitrogen and oxygen atoms in total. The predicted octanol–water partition coefficient (Wildman–Crippen LogP) is 3.75. The Morgan fingerprint density at radius 3 is 2.45 bits per heavy atom. The quantitative estimate of drug-likeness (QED) is 0.540. The zero-order valence-electron chi connectivity index (χ0n) is 19.0. The number of nitrogens with one attached hydrogen (secondary N) is 2. The number of amides is 2. The van der Waals surface area contributed by atoms with Crippen molar-refractivity contribution in [3.8, 4) is 11.5 Å². The van der Waals surface area contributed by atoms with Crippen LogP contribution in [-0.2, 0) is 9.59 Å². The Morgan fingerprint density at radius 1 is 0.939 bits per heavy atom. The molecule has 0 radical (unpaired) electrons. The van der Waals surface area contributed by atoms with Crippen LogP contribution in [0.25, 0.3) is 10.8 Å². The van der Waals surface area contributed by atoms with Gasteiger partial charge in [0.2, 0.25) is 0 Å². The number of ether oxygens (including phenoxy) is 2. The monoisotopic (exact) mass is 447 g/mol. The molecule has 0 saturated carbocycles. The fourth-order valence-corrected chi connectivity index (χ4v) is 4.38. The maximum absolute atomic E-state index is 12.7.